The van der Waals surface area contributed by atoms with E-state index in [2.05, 4.69) is 15.0 Å². The average molecular weight is 418 g/mol. The van der Waals surface area contributed by atoms with Crippen molar-refractivity contribution < 1.29 is 37.0 Å². The molecule has 0 fully saturated rings. The van der Waals surface area contributed by atoms with E-state index < -0.39 is 24.3 Å². The zero-order valence-corrected chi connectivity index (χ0v) is 15.7. The SMILES string of the molecule is CCOC(=O)c1csc(C(C)NC(=O)COc2ccc(OC(F)(F)F)cc2)n1. The molecule has 1 aromatic heterocycles. The summed E-state index contributed by atoms with van der Waals surface area (Å²) in [5.41, 5.74) is 0.167. The van der Waals surface area contributed by atoms with E-state index in [9.17, 15) is 22.8 Å². The summed E-state index contributed by atoms with van der Waals surface area (Å²) < 4.78 is 50.1. The minimum absolute atomic E-state index is 0.167. The molecule has 0 saturated carbocycles. The van der Waals surface area contributed by atoms with Gasteiger partial charge in [0.1, 0.15) is 16.5 Å². The number of aromatic nitrogens is 1. The quantitative estimate of drug-likeness (QED) is 0.661. The van der Waals surface area contributed by atoms with Crippen molar-refractivity contribution in [2.24, 2.45) is 0 Å². The highest BCUT2D eigenvalue weighted by atomic mass is 32.1. The maximum Gasteiger partial charge on any atom is 0.573 e. The van der Waals surface area contributed by atoms with Gasteiger partial charge in [-0.25, -0.2) is 9.78 Å². The Bertz CT molecular complexity index is 808. The number of hydrogen-bond donors (Lipinski definition) is 1. The fourth-order valence-electron chi connectivity index (χ4n) is 2.02. The molecule has 7 nitrogen and oxygen atoms in total. The van der Waals surface area contributed by atoms with Gasteiger partial charge < -0.3 is 19.5 Å². The van der Waals surface area contributed by atoms with Crippen molar-refractivity contribution in [2.75, 3.05) is 13.2 Å². The van der Waals surface area contributed by atoms with Gasteiger partial charge >= 0.3 is 12.3 Å². The molecule has 0 aliphatic rings. The molecular weight excluding hydrogens is 401 g/mol. The van der Waals surface area contributed by atoms with Crippen LogP contribution in [0.2, 0.25) is 0 Å². The molecule has 1 heterocycles. The van der Waals surface area contributed by atoms with Gasteiger partial charge in [0.25, 0.3) is 5.91 Å². The Kier molecular flexibility index (Phi) is 7.21. The maximum atomic E-state index is 12.1. The molecule has 152 valence electrons. The summed E-state index contributed by atoms with van der Waals surface area (Å²) in [6.07, 6.45) is -4.78. The minimum Gasteiger partial charge on any atom is -0.484 e. The Balaban J connectivity index is 1.83. The number of rotatable bonds is 8. The van der Waals surface area contributed by atoms with E-state index in [1.165, 1.54) is 28.8 Å². The van der Waals surface area contributed by atoms with Crippen LogP contribution in [0.3, 0.4) is 0 Å². The van der Waals surface area contributed by atoms with Crippen LogP contribution in [0.15, 0.2) is 29.6 Å². The van der Waals surface area contributed by atoms with Crippen LogP contribution in [-0.4, -0.2) is 36.4 Å². The third-order valence-electron chi connectivity index (χ3n) is 3.18. The molecule has 0 aliphatic carbocycles. The van der Waals surface area contributed by atoms with Gasteiger partial charge in [0.15, 0.2) is 12.3 Å². The van der Waals surface area contributed by atoms with Crippen molar-refractivity contribution in [3.63, 3.8) is 0 Å². The monoisotopic (exact) mass is 418 g/mol. The number of alkyl halides is 3. The molecule has 2 aromatic rings. The topological polar surface area (TPSA) is 86.8 Å². The molecule has 2 rings (SSSR count). The molecule has 1 atom stereocenters. The van der Waals surface area contributed by atoms with Crippen LogP contribution in [0.5, 0.6) is 11.5 Å². The van der Waals surface area contributed by atoms with E-state index in [-0.39, 0.29) is 30.4 Å². The number of ether oxygens (including phenoxy) is 3. The van der Waals surface area contributed by atoms with Crippen LogP contribution in [-0.2, 0) is 9.53 Å². The lowest BCUT2D eigenvalue weighted by atomic mass is 10.3. The first-order valence-corrected chi connectivity index (χ1v) is 8.96. The van der Waals surface area contributed by atoms with E-state index in [1.54, 1.807) is 13.8 Å². The van der Waals surface area contributed by atoms with Gasteiger partial charge in [-0.3, -0.25) is 4.79 Å². The van der Waals surface area contributed by atoms with Crippen molar-refractivity contribution in [1.82, 2.24) is 10.3 Å². The van der Waals surface area contributed by atoms with Gasteiger partial charge in [-0.2, -0.15) is 0 Å². The lowest BCUT2D eigenvalue weighted by molar-refractivity contribution is -0.274. The first kappa shape index (κ1) is 21.5. The Labute approximate surface area is 162 Å². The molecule has 0 bridgehead atoms. The van der Waals surface area contributed by atoms with Gasteiger partial charge in [-0.15, -0.1) is 24.5 Å². The van der Waals surface area contributed by atoms with Gasteiger partial charge in [0.05, 0.1) is 12.6 Å². The molecule has 11 heteroatoms. The molecular formula is C17H17F3N2O5S. The number of esters is 1. The van der Waals surface area contributed by atoms with Crippen LogP contribution in [0.25, 0.3) is 0 Å². The third kappa shape index (κ3) is 6.72. The van der Waals surface area contributed by atoms with E-state index in [0.717, 1.165) is 12.1 Å². The normalized spacial score (nSPS) is 12.2. The molecule has 1 amide bonds. The predicted octanol–water partition coefficient (Wildman–Crippen LogP) is 3.47. The van der Waals surface area contributed by atoms with Crippen LogP contribution in [0.4, 0.5) is 13.2 Å². The highest BCUT2D eigenvalue weighted by Crippen LogP contribution is 2.24. The molecule has 1 unspecified atom stereocenters. The number of carbonyl (C=O) groups is 2. The maximum absolute atomic E-state index is 12.1. The van der Waals surface area contributed by atoms with Crippen molar-refractivity contribution in [1.29, 1.82) is 0 Å². The first-order chi connectivity index (χ1) is 13.2. The molecule has 0 aliphatic heterocycles. The number of benzene rings is 1. The number of thiazole rings is 1. The Morgan fingerprint density at radius 2 is 1.86 bits per heavy atom. The minimum atomic E-state index is -4.78. The summed E-state index contributed by atoms with van der Waals surface area (Å²) >= 11 is 1.20. The third-order valence-corrected chi connectivity index (χ3v) is 4.21. The van der Waals surface area contributed by atoms with E-state index in [1.807, 2.05) is 0 Å². The fourth-order valence-corrected chi connectivity index (χ4v) is 2.81. The second-order valence-electron chi connectivity index (χ2n) is 5.39. The van der Waals surface area contributed by atoms with Gasteiger partial charge in [-0.05, 0) is 38.1 Å². The second-order valence-corrected chi connectivity index (χ2v) is 6.28. The predicted molar refractivity (Wildman–Crippen MR) is 93.2 cm³/mol. The van der Waals surface area contributed by atoms with Crippen LogP contribution in [0.1, 0.15) is 35.4 Å². The van der Waals surface area contributed by atoms with Crippen molar-refractivity contribution in [3.05, 3.63) is 40.3 Å². The summed E-state index contributed by atoms with van der Waals surface area (Å²) in [6.45, 7) is 3.26. The second kappa shape index (κ2) is 9.40. The number of carbonyl (C=O) groups excluding carboxylic acids is 2. The summed E-state index contributed by atoms with van der Waals surface area (Å²) in [7, 11) is 0. The van der Waals surface area contributed by atoms with Gasteiger partial charge in [0.2, 0.25) is 0 Å². The molecule has 28 heavy (non-hydrogen) atoms. The summed E-state index contributed by atoms with van der Waals surface area (Å²) in [5, 5.41) is 4.71. The summed E-state index contributed by atoms with van der Waals surface area (Å²) in [6, 6.07) is 4.20. The van der Waals surface area contributed by atoms with E-state index >= 15 is 0 Å². The molecule has 1 N–H and O–H groups in total. The number of nitrogens with one attached hydrogen (secondary N) is 1. The van der Waals surface area contributed by atoms with E-state index in [0.29, 0.717) is 5.01 Å². The van der Waals surface area contributed by atoms with Crippen molar-refractivity contribution in [2.45, 2.75) is 26.3 Å². The smallest absolute Gasteiger partial charge is 0.484 e. The molecule has 1 aromatic carbocycles. The zero-order chi connectivity index (χ0) is 20.7. The Hall–Kier alpha value is -2.82. The Morgan fingerprint density at radius 1 is 1.21 bits per heavy atom. The first-order valence-electron chi connectivity index (χ1n) is 8.08. The average Bonchev–Trinajstić information content (AvgIpc) is 3.10. The standard InChI is InChI=1S/C17H17F3N2O5S/c1-3-25-16(24)13-9-28-15(22-13)10(2)21-14(23)8-26-11-4-6-12(7-5-11)27-17(18,19)20/h4-7,9-10H,3,8H2,1-2H3,(H,21,23). The number of halogens is 3. The zero-order valence-electron chi connectivity index (χ0n) is 14.9. The van der Waals surface area contributed by atoms with Gasteiger partial charge in [0, 0.05) is 5.38 Å². The number of hydrogen-bond acceptors (Lipinski definition) is 7. The van der Waals surface area contributed by atoms with Crippen molar-refractivity contribution >= 4 is 23.2 Å². The molecule has 0 radical (unpaired) electrons. The van der Waals surface area contributed by atoms with Crippen LogP contribution in [0, 0.1) is 0 Å². The lowest BCUT2D eigenvalue weighted by Crippen LogP contribution is -2.31. The summed E-state index contributed by atoms with van der Waals surface area (Å²) in [4.78, 5) is 27.7. The lowest BCUT2D eigenvalue weighted by Gasteiger charge is -2.12. The molecule has 0 saturated heterocycles. The number of nitrogens with zero attached hydrogens (tertiary/aromatic N) is 1. The summed E-state index contributed by atoms with van der Waals surface area (Å²) in [5.74, 6) is -1.18. The highest BCUT2D eigenvalue weighted by molar-refractivity contribution is 7.09. The fraction of sp³-hybridized carbons (Fsp3) is 0.353. The van der Waals surface area contributed by atoms with E-state index in [4.69, 9.17) is 9.47 Å². The molecule has 0 spiro atoms. The number of amides is 1. The Morgan fingerprint density at radius 3 is 2.46 bits per heavy atom. The van der Waals surface area contributed by atoms with Crippen LogP contribution < -0.4 is 14.8 Å². The van der Waals surface area contributed by atoms with Crippen molar-refractivity contribution in [3.8, 4) is 11.5 Å². The highest BCUT2D eigenvalue weighted by Gasteiger charge is 2.31. The largest absolute Gasteiger partial charge is 0.573 e. The van der Waals surface area contributed by atoms with Crippen LogP contribution >= 0.6 is 11.3 Å². The van der Waals surface area contributed by atoms with Gasteiger partial charge in [-0.1, -0.05) is 0 Å².